The average Bonchev–Trinajstić information content (AvgIpc) is 2.45. The van der Waals surface area contributed by atoms with Gasteiger partial charge in [-0.1, -0.05) is 13.8 Å². The molecular formula is C17H27N2O3+. The maximum absolute atomic E-state index is 12.3. The van der Waals surface area contributed by atoms with Crippen molar-refractivity contribution in [2.24, 2.45) is 11.8 Å². The van der Waals surface area contributed by atoms with E-state index < -0.39 is 0 Å². The van der Waals surface area contributed by atoms with Gasteiger partial charge < -0.3 is 19.7 Å². The molecule has 1 fully saturated rings. The summed E-state index contributed by atoms with van der Waals surface area (Å²) in [5.41, 5.74) is 0.657. The molecule has 1 aliphatic heterocycles. The molecule has 5 nitrogen and oxygen atoms in total. The average molecular weight is 307 g/mol. The summed E-state index contributed by atoms with van der Waals surface area (Å²) in [6, 6.07) is 5.40. The van der Waals surface area contributed by atoms with Crippen LogP contribution in [-0.4, -0.2) is 39.8 Å². The van der Waals surface area contributed by atoms with Gasteiger partial charge in [-0.3, -0.25) is 4.79 Å². The summed E-state index contributed by atoms with van der Waals surface area (Å²) in [5.74, 6) is 2.71. The van der Waals surface area contributed by atoms with Crippen LogP contribution in [0.4, 0.5) is 5.69 Å². The second-order valence-electron chi connectivity index (χ2n) is 6.40. The first-order valence-electron chi connectivity index (χ1n) is 7.87. The van der Waals surface area contributed by atoms with Gasteiger partial charge in [0, 0.05) is 17.9 Å². The van der Waals surface area contributed by atoms with Crippen molar-refractivity contribution in [3.05, 3.63) is 18.2 Å². The fraction of sp³-hybridized carbons (Fsp3) is 0.588. The van der Waals surface area contributed by atoms with Gasteiger partial charge in [0.15, 0.2) is 6.54 Å². The van der Waals surface area contributed by atoms with E-state index in [1.165, 1.54) is 11.3 Å². The Morgan fingerprint density at radius 2 is 1.91 bits per heavy atom. The number of quaternary nitrogens is 1. The first-order chi connectivity index (χ1) is 10.5. The number of likely N-dealkylation sites (tertiary alicyclic amines) is 1. The minimum atomic E-state index is 0.0165. The molecule has 1 aliphatic rings. The molecule has 122 valence electrons. The molecule has 0 aromatic heterocycles. The zero-order valence-electron chi connectivity index (χ0n) is 13.9. The van der Waals surface area contributed by atoms with Gasteiger partial charge in [-0.15, -0.1) is 0 Å². The molecule has 1 aromatic rings. The van der Waals surface area contributed by atoms with Gasteiger partial charge in [-0.25, -0.2) is 0 Å². The van der Waals surface area contributed by atoms with Crippen molar-refractivity contribution in [2.75, 3.05) is 39.2 Å². The number of benzene rings is 1. The molecule has 1 aromatic carbocycles. The van der Waals surface area contributed by atoms with Crippen LogP contribution in [0.5, 0.6) is 11.5 Å². The molecule has 1 heterocycles. The zero-order chi connectivity index (χ0) is 16.1. The maximum atomic E-state index is 12.3. The minimum absolute atomic E-state index is 0.0165. The van der Waals surface area contributed by atoms with E-state index in [2.05, 4.69) is 19.2 Å². The predicted molar refractivity (Wildman–Crippen MR) is 86.7 cm³/mol. The molecule has 0 bridgehead atoms. The quantitative estimate of drug-likeness (QED) is 0.859. The van der Waals surface area contributed by atoms with Crippen molar-refractivity contribution >= 4 is 11.6 Å². The standard InChI is InChI=1S/C17H26N2O3/c1-12-7-13(2)10-19(9-12)11-17(20)18-15-8-14(21-3)5-6-16(15)22-4/h5-6,8,12-13H,7,9-11H2,1-4H3,(H,18,20)/p+1/t12-,13-/m1/s1. The van der Waals surface area contributed by atoms with Crippen molar-refractivity contribution in [2.45, 2.75) is 20.3 Å². The molecule has 2 rings (SSSR count). The van der Waals surface area contributed by atoms with E-state index in [9.17, 15) is 4.79 Å². The maximum Gasteiger partial charge on any atom is 0.279 e. The molecule has 0 saturated carbocycles. The van der Waals surface area contributed by atoms with E-state index in [1.807, 2.05) is 6.07 Å². The molecule has 22 heavy (non-hydrogen) atoms. The molecule has 0 aliphatic carbocycles. The number of amides is 1. The van der Waals surface area contributed by atoms with Crippen molar-refractivity contribution in [3.8, 4) is 11.5 Å². The highest BCUT2D eigenvalue weighted by molar-refractivity contribution is 5.93. The molecule has 0 radical (unpaired) electrons. The van der Waals surface area contributed by atoms with Crippen LogP contribution in [0.2, 0.25) is 0 Å². The van der Waals surface area contributed by atoms with Crippen LogP contribution in [0.1, 0.15) is 20.3 Å². The van der Waals surface area contributed by atoms with E-state index in [4.69, 9.17) is 9.47 Å². The molecule has 1 amide bonds. The Balaban J connectivity index is 1.99. The van der Waals surface area contributed by atoms with E-state index in [-0.39, 0.29) is 5.91 Å². The van der Waals surface area contributed by atoms with Crippen LogP contribution < -0.4 is 19.7 Å². The highest BCUT2D eigenvalue weighted by Gasteiger charge is 2.26. The van der Waals surface area contributed by atoms with E-state index in [0.29, 0.717) is 35.6 Å². The lowest BCUT2D eigenvalue weighted by molar-refractivity contribution is -0.904. The Morgan fingerprint density at radius 3 is 2.50 bits per heavy atom. The van der Waals surface area contributed by atoms with E-state index in [1.54, 1.807) is 26.4 Å². The summed E-state index contributed by atoms with van der Waals surface area (Å²) in [4.78, 5) is 13.7. The summed E-state index contributed by atoms with van der Waals surface area (Å²) in [6.07, 6.45) is 1.26. The summed E-state index contributed by atoms with van der Waals surface area (Å²) in [5, 5.41) is 2.95. The normalized spacial score (nSPS) is 24.6. The van der Waals surface area contributed by atoms with Crippen LogP contribution in [0.15, 0.2) is 18.2 Å². The Hall–Kier alpha value is -1.75. The van der Waals surface area contributed by atoms with Crippen molar-refractivity contribution in [1.29, 1.82) is 0 Å². The first kappa shape index (κ1) is 16.6. The Kier molecular flexibility index (Phi) is 5.66. The van der Waals surface area contributed by atoms with Crippen LogP contribution in [0, 0.1) is 11.8 Å². The minimum Gasteiger partial charge on any atom is -0.497 e. The number of hydrogen-bond donors (Lipinski definition) is 2. The number of carbonyl (C=O) groups is 1. The first-order valence-corrected chi connectivity index (χ1v) is 7.87. The van der Waals surface area contributed by atoms with Crippen LogP contribution >= 0.6 is 0 Å². The highest BCUT2D eigenvalue weighted by atomic mass is 16.5. The Bertz CT molecular complexity index is 509. The number of carbonyl (C=O) groups excluding carboxylic acids is 1. The van der Waals surface area contributed by atoms with Gasteiger partial charge in [0.2, 0.25) is 0 Å². The van der Waals surface area contributed by atoms with Crippen LogP contribution in [0.3, 0.4) is 0 Å². The number of rotatable bonds is 5. The molecule has 0 spiro atoms. The van der Waals surface area contributed by atoms with Gasteiger partial charge in [0.25, 0.3) is 5.91 Å². The molecule has 2 atom stereocenters. The fourth-order valence-corrected chi connectivity index (χ4v) is 3.40. The van der Waals surface area contributed by atoms with Crippen molar-refractivity contribution in [3.63, 3.8) is 0 Å². The summed E-state index contributed by atoms with van der Waals surface area (Å²) in [7, 11) is 3.20. The molecule has 2 N–H and O–H groups in total. The molecule has 5 heteroatoms. The third-order valence-electron chi connectivity index (χ3n) is 4.17. The number of anilines is 1. The summed E-state index contributed by atoms with van der Waals surface area (Å²) < 4.78 is 10.5. The van der Waals surface area contributed by atoms with Gasteiger partial charge in [0.05, 0.1) is 33.0 Å². The van der Waals surface area contributed by atoms with Gasteiger partial charge in [0.1, 0.15) is 11.5 Å². The van der Waals surface area contributed by atoms with Crippen LogP contribution in [0.25, 0.3) is 0 Å². The monoisotopic (exact) mass is 307 g/mol. The van der Waals surface area contributed by atoms with Gasteiger partial charge in [-0.05, 0) is 18.6 Å². The van der Waals surface area contributed by atoms with E-state index in [0.717, 1.165) is 13.1 Å². The molecule has 1 saturated heterocycles. The molecular weight excluding hydrogens is 280 g/mol. The number of methoxy groups -OCH3 is 2. The lowest BCUT2D eigenvalue weighted by atomic mass is 9.92. The van der Waals surface area contributed by atoms with Crippen molar-refractivity contribution < 1.29 is 19.2 Å². The Labute approximate surface area is 132 Å². The number of hydrogen-bond acceptors (Lipinski definition) is 3. The summed E-state index contributed by atoms with van der Waals surface area (Å²) >= 11 is 0. The fourth-order valence-electron chi connectivity index (χ4n) is 3.40. The largest absolute Gasteiger partial charge is 0.497 e. The summed E-state index contributed by atoms with van der Waals surface area (Å²) in [6.45, 7) is 7.15. The highest BCUT2D eigenvalue weighted by Crippen LogP contribution is 2.28. The van der Waals surface area contributed by atoms with Gasteiger partial charge >= 0.3 is 0 Å². The second-order valence-corrected chi connectivity index (χ2v) is 6.40. The topological polar surface area (TPSA) is 52.0 Å². The smallest absolute Gasteiger partial charge is 0.279 e. The number of piperidine rings is 1. The van der Waals surface area contributed by atoms with E-state index >= 15 is 0 Å². The lowest BCUT2D eigenvalue weighted by Crippen LogP contribution is -3.15. The van der Waals surface area contributed by atoms with Crippen LogP contribution in [-0.2, 0) is 4.79 Å². The third kappa shape index (κ3) is 4.37. The number of nitrogens with one attached hydrogen (secondary N) is 2. The molecule has 0 unspecified atom stereocenters. The van der Waals surface area contributed by atoms with Crippen molar-refractivity contribution in [1.82, 2.24) is 0 Å². The van der Waals surface area contributed by atoms with Gasteiger partial charge in [-0.2, -0.15) is 0 Å². The Morgan fingerprint density at radius 1 is 1.23 bits per heavy atom. The zero-order valence-corrected chi connectivity index (χ0v) is 13.9. The SMILES string of the molecule is COc1ccc(OC)c(NC(=O)C[NH+]2C[C@H](C)C[C@@H](C)C2)c1. The predicted octanol–water partition coefficient (Wildman–Crippen LogP) is 1.20. The lowest BCUT2D eigenvalue weighted by Gasteiger charge is -2.31. The third-order valence-corrected chi connectivity index (χ3v) is 4.17. The number of ether oxygens (including phenoxy) is 2. The second kappa shape index (κ2) is 7.49.